The number of carbonyl (C=O) groups is 2. The molecule has 4 heteroatoms. The molecular weight excluding hydrogens is 300 g/mol. The maximum atomic E-state index is 12.4. The average molecular weight is 320 g/mol. The summed E-state index contributed by atoms with van der Waals surface area (Å²) < 4.78 is 0. The van der Waals surface area contributed by atoms with Gasteiger partial charge < -0.3 is 5.32 Å². The van der Waals surface area contributed by atoms with Crippen molar-refractivity contribution in [2.75, 3.05) is 19.4 Å². The number of nitrogens with zero attached hydrogens (tertiary/aromatic N) is 1. The van der Waals surface area contributed by atoms with Crippen LogP contribution in [0.5, 0.6) is 0 Å². The molecule has 3 aromatic rings. The van der Waals surface area contributed by atoms with Crippen LogP contribution in [0, 0.1) is 0 Å². The number of rotatable bonds is 5. The molecule has 0 aliphatic heterocycles. The van der Waals surface area contributed by atoms with Crippen LogP contribution in [0.15, 0.2) is 48.5 Å². The molecule has 4 nitrogen and oxygen atoms in total. The summed E-state index contributed by atoms with van der Waals surface area (Å²) in [6.45, 7) is 2.04. The summed E-state index contributed by atoms with van der Waals surface area (Å²) in [6.07, 6.45) is 0.481. The van der Waals surface area contributed by atoms with E-state index in [1.54, 1.807) is 0 Å². The van der Waals surface area contributed by atoms with E-state index in [0.29, 0.717) is 11.8 Å². The van der Waals surface area contributed by atoms with Crippen molar-refractivity contribution in [3.63, 3.8) is 0 Å². The Kier molecular flexibility index (Phi) is 4.32. The molecule has 3 rings (SSSR count). The van der Waals surface area contributed by atoms with Gasteiger partial charge in [-0.3, -0.25) is 14.5 Å². The Labute approximate surface area is 141 Å². The lowest BCUT2D eigenvalue weighted by Gasteiger charge is -2.24. The second-order valence-electron chi connectivity index (χ2n) is 6.14. The van der Waals surface area contributed by atoms with E-state index in [2.05, 4.69) is 11.4 Å². The van der Waals surface area contributed by atoms with E-state index < -0.39 is 5.78 Å². The Bertz CT molecular complexity index is 931. The molecule has 24 heavy (non-hydrogen) atoms. The van der Waals surface area contributed by atoms with Gasteiger partial charge in [-0.1, -0.05) is 36.4 Å². The molecule has 0 aliphatic carbocycles. The first-order chi connectivity index (χ1) is 11.5. The lowest BCUT2D eigenvalue weighted by atomic mass is 9.93. The summed E-state index contributed by atoms with van der Waals surface area (Å²) in [7, 11) is 3.96. The molecule has 0 aliphatic rings. The number of anilines is 1. The molecule has 0 heterocycles. The molecule has 3 aromatic carbocycles. The van der Waals surface area contributed by atoms with Crippen molar-refractivity contribution in [2.24, 2.45) is 0 Å². The lowest BCUT2D eigenvalue weighted by Crippen LogP contribution is -2.32. The lowest BCUT2D eigenvalue weighted by molar-refractivity contribution is -0.104. The maximum absolute atomic E-state index is 12.4. The van der Waals surface area contributed by atoms with Gasteiger partial charge in [-0.25, -0.2) is 0 Å². The molecule has 0 saturated heterocycles. The molecule has 0 aromatic heterocycles. The van der Waals surface area contributed by atoms with Gasteiger partial charge in [0.1, 0.15) is 0 Å². The fourth-order valence-electron chi connectivity index (χ4n) is 2.91. The van der Waals surface area contributed by atoms with Crippen molar-refractivity contribution in [2.45, 2.75) is 13.1 Å². The highest BCUT2D eigenvalue weighted by atomic mass is 16.2. The highest BCUT2D eigenvalue weighted by molar-refractivity contribution is 6.40. The number of nitrogens with one attached hydrogen (secondary N) is 1. The minimum Gasteiger partial charge on any atom is -0.369 e. The average Bonchev–Trinajstić information content (AvgIpc) is 2.59. The molecule has 1 atom stereocenters. The van der Waals surface area contributed by atoms with Gasteiger partial charge >= 0.3 is 0 Å². The Morgan fingerprint density at radius 1 is 1.08 bits per heavy atom. The predicted molar refractivity (Wildman–Crippen MR) is 98.6 cm³/mol. The normalized spacial score (nSPS) is 12.5. The summed E-state index contributed by atoms with van der Waals surface area (Å²) in [4.78, 5) is 25.7. The van der Waals surface area contributed by atoms with Crippen LogP contribution in [0.2, 0.25) is 0 Å². The molecule has 1 N–H and O–H groups in total. The van der Waals surface area contributed by atoms with E-state index in [1.165, 1.54) is 0 Å². The summed E-state index contributed by atoms with van der Waals surface area (Å²) in [5.41, 5.74) is 1.32. The molecule has 122 valence electrons. The third-order valence-electron chi connectivity index (χ3n) is 4.38. The smallest absolute Gasteiger partial charge is 0.226 e. The summed E-state index contributed by atoms with van der Waals surface area (Å²) in [6, 6.07) is 15.6. The van der Waals surface area contributed by atoms with Crippen LogP contribution < -0.4 is 5.32 Å². The minimum absolute atomic E-state index is 0.0845. The Morgan fingerprint density at radius 2 is 1.79 bits per heavy atom. The van der Waals surface area contributed by atoms with Gasteiger partial charge in [-0.15, -0.1) is 0 Å². The molecule has 0 fully saturated rings. The monoisotopic (exact) mass is 320 g/mol. The van der Waals surface area contributed by atoms with Crippen LogP contribution in [0.25, 0.3) is 21.5 Å². The first-order valence-corrected chi connectivity index (χ1v) is 7.90. The summed E-state index contributed by atoms with van der Waals surface area (Å²) in [5, 5.41) is 6.91. The zero-order chi connectivity index (χ0) is 17.3. The van der Waals surface area contributed by atoms with Gasteiger partial charge in [0.15, 0.2) is 6.29 Å². The van der Waals surface area contributed by atoms with Crippen LogP contribution in [0.1, 0.15) is 17.3 Å². The largest absolute Gasteiger partial charge is 0.369 e. The van der Waals surface area contributed by atoms with Gasteiger partial charge in [0.25, 0.3) is 0 Å². The Balaban J connectivity index is 2.37. The molecule has 0 spiro atoms. The van der Waals surface area contributed by atoms with E-state index in [4.69, 9.17) is 0 Å². The molecule has 0 bridgehead atoms. The number of hydrogen-bond donors (Lipinski definition) is 1. The van der Waals surface area contributed by atoms with E-state index in [0.717, 1.165) is 27.2 Å². The van der Waals surface area contributed by atoms with Crippen molar-refractivity contribution >= 4 is 39.3 Å². The van der Waals surface area contributed by atoms with Crippen molar-refractivity contribution in [1.29, 1.82) is 0 Å². The van der Waals surface area contributed by atoms with Gasteiger partial charge in [0.05, 0.1) is 6.17 Å². The van der Waals surface area contributed by atoms with E-state index >= 15 is 0 Å². The fraction of sp³-hybridized carbons (Fsp3) is 0.200. The van der Waals surface area contributed by atoms with Crippen molar-refractivity contribution in [3.8, 4) is 0 Å². The summed E-state index contributed by atoms with van der Waals surface area (Å²) in [5.74, 6) is -0.497. The number of fused-ring (bicyclic) bond motifs is 2. The third-order valence-corrected chi connectivity index (χ3v) is 4.38. The number of carbonyl (C=O) groups excluding carboxylic acids is 2. The quantitative estimate of drug-likeness (QED) is 0.256. The van der Waals surface area contributed by atoms with Crippen LogP contribution in [-0.4, -0.2) is 37.2 Å². The molecular formula is C20H20N2O2. The van der Waals surface area contributed by atoms with E-state index in [-0.39, 0.29) is 6.17 Å². The van der Waals surface area contributed by atoms with Gasteiger partial charge in [-0.05, 0) is 49.3 Å². The highest BCUT2D eigenvalue weighted by Gasteiger charge is 2.18. The Morgan fingerprint density at radius 3 is 2.50 bits per heavy atom. The van der Waals surface area contributed by atoms with E-state index in [1.807, 2.05) is 68.4 Å². The molecule has 0 radical (unpaired) electrons. The number of Topliss-reactive ketones (excluding diaryl/α,β-unsaturated/α-hetero) is 1. The fourth-order valence-corrected chi connectivity index (χ4v) is 2.91. The SMILES string of the molecule is CC(Nc1cccc2cc3ccccc3c(C(=O)C=O)c12)N(C)C. The van der Waals surface area contributed by atoms with Gasteiger partial charge in [-0.2, -0.15) is 0 Å². The van der Waals surface area contributed by atoms with Crippen LogP contribution in [0.4, 0.5) is 5.69 Å². The van der Waals surface area contributed by atoms with Crippen molar-refractivity contribution < 1.29 is 9.59 Å². The second kappa shape index (κ2) is 6.42. The number of aldehydes is 1. The first-order valence-electron chi connectivity index (χ1n) is 7.90. The molecule has 1 unspecified atom stereocenters. The van der Waals surface area contributed by atoms with Crippen LogP contribution in [0.3, 0.4) is 0 Å². The van der Waals surface area contributed by atoms with Crippen LogP contribution >= 0.6 is 0 Å². The first kappa shape index (κ1) is 16.1. The van der Waals surface area contributed by atoms with Crippen molar-refractivity contribution in [3.05, 3.63) is 54.1 Å². The number of ketones is 1. The van der Waals surface area contributed by atoms with Gasteiger partial charge in [0.2, 0.25) is 5.78 Å². The maximum Gasteiger partial charge on any atom is 0.226 e. The third kappa shape index (κ3) is 2.76. The Hall–Kier alpha value is -2.72. The zero-order valence-electron chi connectivity index (χ0n) is 14.0. The molecule has 0 saturated carbocycles. The number of hydrogen-bond acceptors (Lipinski definition) is 4. The number of benzene rings is 3. The topological polar surface area (TPSA) is 49.4 Å². The minimum atomic E-state index is -0.497. The second-order valence-corrected chi connectivity index (χ2v) is 6.14. The standard InChI is InChI=1S/C20H20N2O2/c1-13(22(2)3)21-17-10-6-8-15-11-14-7-4-5-9-16(14)20(19(15)17)18(24)12-23/h4-13,21H,1-3H3. The van der Waals surface area contributed by atoms with Gasteiger partial charge in [0, 0.05) is 16.6 Å². The zero-order valence-corrected chi connectivity index (χ0v) is 14.0. The van der Waals surface area contributed by atoms with E-state index in [9.17, 15) is 9.59 Å². The van der Waals surface area contributed by atoms with Crippen molar-refractivity contribution in [1.82, 2.24) is 4.90 Å². The highest BCUT2D eigenvalue weighted by Crippen LogP contribution is 2.34. The predicted octanol–water partition coefficient (Wildman–Crippen LogP) is 3.69. The van der Waals surface area contributed by atoms with Crippen LogP contribution in [-0.2, 0) is 4.79 Å². The molecule has 0 amide bonds. The summed E-state index contributed by atoms with van der Waals surface area (Å²) >= 11 is 0.